The van der Waals surface area contributed by atoms with Gasteiger partial charge in [-0.25, -0.2) is 4.98 Å². The van der Waals surface area contributed by atoms with Gasteiger partial charge in [0, 0.05) is 5.69 Å². The van der Waals surface area contributed by atoms with Gasteiger partial charge in [-0.15, -0.1) is 0 Å². The molecule has 84 valence electrons. The second kappa shape index (κ2) is 4.47. The summed E-state index contributed by atoms with van der Waals surface area (Å²) in [6, 6.07) is 7.84. The van der Waals surface area contributed by atoms with Gasteiger partial charge < -0.3 is 14.8 Å². The van der Waals surface area contributed by atoms with E-state index in [-0.39, 0.29) is 13.2 Å². The zero-order chi connectivity index (χ0) is 11.5. The van der Waals surface area contributed by atoms with Crippen molar-refractivity contribution in [3.05, 3.63) is 47.5 Å². The van der Waals surface area contributed by atoms with E-state index in [1.165, 1.54) is 0 Å². The minimum Gasteiger partial charge on any atom is -0.390 e. The topological polar surface area (TPSA) is 58.3 Å². The van der Waals surface area contributed by atoms with Crippen molar-refractivity contribution in [2.24, 2.45) is 0 Å². The fraction of sp³-hybridized carbons (Fsp3) is 0.250. The Morgan fingerprint density at radius 2 is 1.94 bits per heavy atom. The smallest absolute Gasteiger partial charge is 0.0999 e. The van der Waals surface area contributed by atoms with E-state index in [0.29, 0.717) is 11.4 Å². The van der Waals surface area contributed by atoms with E-state index in [4.69, 9.17) is 5.11 Å². The number of hydrogen-bond donors (Lipinski definition) is 2. The average Bonchev–Trinajstić information content (AvgIpc) is 2.72. The Morgan fingerprint density at radius 1 is 1.19 bits per heavy atom. The Labute approximate surface area is 93.8 Å². The van der Waals surface area contributed by atoms with E-state index in [0.717, 1.165) is 11.3 Å². The largest absolute Gasteiger partial charge is 0.390 e. The van der Waals surface area contributed by atoms with Crippen molar-refractivity contribution in [2.45, 2.75) is 20.1 Å². The number of aliphatic hydroxyl groups is 2. The number of aliphatic hydroxyl groups excluding tert-OH is 2. The number of hydrogen-bond acceptors (Lipinski definition) is 3. The molecule has 0 aliphatic carbocycles. The Kier molecular flexibility index (Phi) is 3.03. The molecule has 0 saturated carbocycles. The Bertz CT molecular complexity index is 492. The van der Waals surface area contributed by atoms with Crippen molar-refractivity contribution in [2.75, 3.05) is 0 Å². The van der Waals surface area contributed by atoms with Crippen LogP contribution in [0.25, 0.3) is 5.69 Å². The van der Waals surface area contributed by atoms with Gasteiger partial charge in [-0.3, -0.25) is 0 Å². The van der Waals surface area contributed by atoms with Gasteiger partial charge in [-0.1, -0.05) is 18.2 Å². The lowest BCUT2D eigenvalue weighted by atomic mass is 10.2. The summed E-state index contributed by atoms with van der Waals surface area (Å²) >= 11 is 0. The minimum atomic E-state index is -0.158. The van der Waals surface area contributed by atoms with Crippen LogP contribution >= 0.6 is 0 Å². The van der Waals surface area contributed by atoms with Crippen molar-refractivity contribution < 1.29 is 10.2 Å². The lowest BCUT2D eigenvalue weighted by molar-refractivity contribution is 0.253. The molecule has 0 unspecified atom stereocenters. The zero-order valence-corrected chi connectivity index (χ0v) is 9.09. The van der Waals surface area contributed by atoms with Gasteiger partial charge in [0.15, 0.2) is 0 Å². The number of nitrogens with zero attached hydrogens (tertiary/aromatic N) is 2. The number of aromatic nitrogens is 2. The molecule has 0 bridgehead atoms. The molecule has 0 saturated heterocycles. The Balaban J connectivity index is 2.56. The van der Waals surface area contributed by atoms with Crippen molar-refractivity contribution in [1.29, 1.82) is 0 Å². The van der Waals surface area contributed by atoms with Crippen LogP contribution in [0.2, 0.25) is 0 Å². The first kappa shape index (κ1) is 10.9. The first-order chi connectivity index (χ1) is 7.77. The van der Waals surface area contributed by atoms with Crippen LogP contribution in [0.5, 0.6) is 0 Å². The standard InChI is InChI=1S/C12H14N2O2/c1-9-4-2-3-5-11(9)14-8-13-10(6-15)12(14)7-16/h2-5,8,15-16H,6-7H2,1H3. The second-order valence-electron chi connectivity index (χ2n) is 3.61. The molecule has 4 heteroatoms. The molecule has 0 spiro atoms. The van der Waals surface area contributed by atoms with Crippen LogP contribution in [-0.4, -0.2) is 19.8 Å². The molecule has 4 nitrogen and oxygen atoms in total. The lowest BCUT2D eigenvalue weighted by Gasteiger charge is -2.09. The van der Waals surface area contributed by atoms with Gasteiger partial charge in [0.05, 0.1) is 30.9 Å². The lowest BCUT2D eigenvalue weighted by Crippen LogP contribution is -2.03. The Morgan fingerprint density at radius 3 is 2.56 bits per heavy atom. The molecule has 0 aliphatic rings. The molecule has 2 rings (SSSR count). The van der Waals surface area contributed by atoms with Crippen LogP contribution in [0.4, 0.5) is 0 Å². The molecular formula is C12H14N2O2. The maximum atomic E-state index is 9.30. The van der Waals surface area contributed by atoms with Crippen LogP contribution < -0.4 is 0 Å². The van der Waals surface area contributed by atoms with Crippen LogP contribution in [0, 0.1) is 6.92 Å². The van der Waals surface area contributed by atoms with Crippen molar-refractivity contribution >= 4 is 0 Å². The average molecular weight is 218 g/mol. The van der Waals surface area contributed by atoms with Crippen LogP contribution in [0.1, 0.15) is 17.0 Å². The predicted molar refractivity (Wildman–Crippen MR) is 60.1 cm³/mol. The number of benzene rings is 1. The fourth-order valence-corrected chi connectivity index (χ4v) is 1.75. The molecule has 0 amide bonds. The zero-order valence-electron chi connectivity index (χ0n) is 9.09. The highest BCUT2D eigenvalue weighted by molar-refractivity contribution is 5.42. The third kappa shape index (κ3) is 1.73. The van der Waals surface area contributed by atoms with Crippen LogP contribution in [-0.2, 0) is 13.2 Å². The monoisotopic (exact) mass is 218 g/mol. The highest BCUT2D eigenvalue weighted by Crippen LogP contribution is 2.18. The molecule has 2 N–H and O–H groups in total. The summed E-state index contributed by atoms with van der Waals surface area (Å²) in [6.45, 7) is 1.70. The summed E-state index contributed by atoms with van der Waals surface area (Å²) < 4.78 is 1.81. The summed E-state index contributed by atoms with van der Waals surface area (Å²) in [5, 5.41) is 18.4. The minimum absolute atomic E-state index is 0.135. The van der Waals surface area contributed by atoms with E-state index in [1.54, 1.807) is 10.9 Å². The molecular weight excluding hydrogens is 204 g/mol. The molecule has 1 heterocycles. The first-order valence-electron chi connectivity index (χ1n) is 5.10. The van der Waals surface area contributed by atoms with E-state index >= 15 is 0 Å². The number of para-hydroxylation sites is 1. The SMILES string of the molecule is Cc1ccccc1-n1cnc(CO)c1CO. The number of rotatable bonds is 3. The van der Waals surface area contributed by atoms with Gasteiger partial charge in [0.1, 0.15) is 0 Å². The van der Waals surface area contributed by atoms with E-state index in [9.17, 15) is 5.11 Å². The van der Waals surface area contributed by atoms with Crippen molar-refractivity contribution in [3.63, 3.8) is 0 Å². The fourth-order valence-electron chi connectivity index (χ4n) is 1.75. The predicted octanol–water partition coefficient (Wildman–Crippen LogP) is 1.17. The Hall–Kier alpha value is -1.65. The summed E-state index contributed by atoms with van der Waals surface area (Å²) in [4.78, 5) is 4.08. The summed E-state index contributed by atoms with van der Waals surface area (Å²) in [7, 11) is 0. The van der Waals surface area contributed by atoms with E-state index < -0.39 is 0 Å². The summed E-state index contributed by atoms with van der Waals surface area (Å²) in [5.74, 6) is 0. The number of imidazole rings is 1. The van der Waals surface area contributed by atoms with Crippen LogP contribution in [0.15, 0.2) is 30.6 Å². The molecule has 1 aromatic heterocycles. The molecule has 0 aliphatic heterocycles. The first-order valence-corrected chi connectivity index (χ1v) is 5.10. The molecule has 1 aromatic carbocycles. The highest BCUT2D eigenvalue weighted by atomic mass is 16.3. The normalized spacial score (nSPS) is 10.7. The van der Waals surface area contributed by atoms with Gasteiger partial charge in [0.25, 0.3) is 0 Å². The van der Waals surface area contributed by atoms with Gasteiger partial charge in [0.2, 0.25) is 0 Å². The van der Waals surface area contributed by atoms with Gasteiger partial charge in [-0.2, -0.15) is 0 Å². The molecule has 0 atom stereocenters. The van der Waals surface area contributed by atoms with E-state index in [2.05, 4.69) is 4.98 Å². The highest BCUT2D eigenvalue weighted by Gasteiger charge is 2.11. The maximum Gasteiger partial charge on any atom is 0.0999 e. The quantitative estimate of drug-likeness (QED) is 0.813. The van der Waals surface area contributed by atoms with Crippen LogP contribution in [0.3, 0.4) is 0 Å². The summed E-state index contributed by atoms with van der Waals surface area (Å²) in [5.41, 5.74) is 3.22. The molecule has 16 heavy (non-hydrogen) atoms. The number of aryl methyl sites for hydroxylation is 1. The maximum absolute atomic E-state index is 9.30. The van der Waals surface area contributed by atoms with E-state index in [1.807, 2.05) is 31.2 Å². The van der Waals surface area contributed by atoms with Gasteiger partial charge in [-0.05, 0) is 18.6 Å². The summed E-state index contributed by atoms with van der Waals surface area (Å²) in [6.07, 6.45) is 1.62. The molecule has 0 fully saturated rings. The molecule has 0 radical (unpaired) electrons. The molecule has 2 aromatic rings. The third-order valence-electron chi connectivity index (χ3n) is 2.63. The van der Waals surface area contributed by atoms with Gasteiger partial charge >= 0.3 is 0 Å². The second-order valence-corrected chi connectivity index (χ2v) is 3.61. The van der Waals surface area contributed by atoms with Crippen molar-refractivity contribution in [3.8, 4) is 5.69 Å². The third-order valence-corrected chi connectivity index (χ3v) is 2.63. The van der Waals surface area contributed by atoms with Crippen molar-refractivity contribution in [1.82, 2.24) is 9.55 Å².